The number of hydrogen-bond donors (Lipinski definition) is 1. The quantitative estimate of drug-likeness (QED) is 0.636. The lowest BCUT2D eigenvalue weighted by atomic mass is 10.1. The van der Waals surface area contributed by atoms with Crippen LogP contribution < -0.4 is 0 Å². The molecule has 0 amide bonds. The molecule has 1 aromatic heterocycles. The Kier molecular flexibility index (Phi) is 2.44. The molecule has 1 N–H and O–H groups in total. The Labute approximate surface area is 63.1 Å². The summed E-state index contributed by atoms with van der Waals surface area (Å²) in [4.78, 5) is 0. The van der Waals surface area contributed by atoms with Gasteiger partial charge in [-0.15, -0.1) is 0 Å². The number of H-pyrrole nitrogens is 1. The monoisotopic (exact) mass is 139 g/mol. The van der Waals surface area contributed by atoms with Crippen molar-refractivity contribution in [3.63, 3.8) is 0 Å². The first-order valence-electron chi connectivity index (χ1n) is 4.34. The second kappa shape index (κ2) is 4.09. The average Bonchev–Trinajstić information content (AvgIpc) is 2.37. The van der Waals surface area contributed by atoms with Gasteiger partial charge in [-0.25, -0.2) is 0 Å². The van der Waals surface area contributed by atoms with Crippen LogP contribution in [0.3, 0.4) is 0 Å². The van der Waals surface area contributed by atoms with Crippen LogP contribution in [0, 0.1) is 0 Å². The molecule has 1 aromatic rings. The smallest absolute Gasteiger partial charge is 0.0863 e. The summed E-state index contributed by atoms with van der Waals surface area (Å²) in [5.41, 5.74) is 1.04. The van der Waals surface area contributed by atoms with Crippen LogP contribution in [0.25, 0.3) is 0 Å². The van der Waals surface area contributed by atoms with Crippen LogP contribution in [0.4, 0.5) is 0 Å². The van der Waals surface area contributed by atoms with E-state index in [1.165, 1.54) is 19.3 Å². The maximum Gasteiger partial charge on any atom is 0.0863 e. The molecule has 56 valence electrons. The summed E-state index contributed by atoms with van der Waals surface area (Å²) in [6.45, 7) is 2.18. The topological polar surface area (TPSA) is 28.7 Å². The van der Waals surface area contributed by atoms with Gasteiger partial charge in [-0.05, 0) is 18.4 Å². The second-order valence-electron chi connectivity index (χ2n) is 2.48. The fourth-order valence-corrected chi connectivity index (χ4v) is 0.940. The van der Waals surface area contributed by atoms with Crippen molar-refractivity contribution in [2.24, 2.45) is 0 Å². The molecule has 1 rings (SSSR count). The van der Waals surface area contributed by atoms with E-state index in [9.17, 15) is 0 Å². The van der Waals surface area contributed by atoms with E-state index in [0.29, 0.717) is 6.17 Å². The van der Waals surface area contributed by atoms with E-state index in [2.05, 4.69) is 17.1 Å². The van der Waals surface area contributed by atoms with Gasteiger partial charge in [0.15, 0.2) is 0 Å². The summed E-state index contributed by atoms with van der Waals surface area (Å²) >= 11 is 0. The number of unbranched alkanes of at least 4 members (excludes halogenated alkanes) is 2. The van der Waals surface area contributed by atoms with Crippen molar-refractivity contribution in [3.8, 4) is 0 Å². The van der Waals surface area contributed by atoms with Crippen molar-refractivity contribution < 1.29 is 1.37 Å². The Morgan fingerprint density at radius 3 is 3.20 bits per heavy atom. The standard InChI is InChI=1S/C8H14N2/c1-2-3-4-5-8-6-9-10-7-8/h6-7H,2-5H2,1H3,(H,9,10)/i6D. The Hall–Kier alpha value is -0.790. The summed E-state index contributed by atoms with van der Waals surface area (Å²) < 4.78 is 7.34. The predicted octanol–water partition coefficient (Wildman–Crippen LogP) is 2.14. The van der Waals surface area contributed by atoms with Gasteiger partial charge in [0, 0.05) is 6.20 Å². The van der Waals surface area contributed by atoms with E-state index in [4.69, 9.17) is 1.37 Å². The van der Waals surface area contributed by atoms with E-state index in [-0.39, 0.29) is 0 Å². The highest BCUT2D eigenvalue weighted by atomic mass is 15.1. The first-order valence-corrected chi connectivity index (χ1v) is 3.84. The molecule has 0 spiro atoms. The second-order valence-corrected chi connectivity index (χ2v) is 2.48. The number of aromatic nitrogens is 2. The molecule has 0 saturated heterocycles. The molecule has 0 aliphatic rings. The molecule has 0 saturated carbocycles. The molecule has 0 unspecified atom stereocenters. The average molecular weight is 139 g/mol. The Bertz CT molecular complexity index is 208. The molecule has 10 heavy (non-hydrogen) atoms. The molecule has 0 fully saturated rings. The first kappa shape index (κ1) is 5.96. The van der Waals surface area contributed by atoms with Crippen LogP contribution in [-0.2, 0) is 6.42 Å². The Morgan fingerprint density at radius 2 is 2.60 bits per heavy atom. The van der Waals surface area contributed by atoms with Crippen LogP contribution in [0.15, 0.2) is 12.4 Å². The summed E-state index contributed by atoms with van der Waals surface area (Å²) in [5.74, 6) is 0. The SMILES string of the molecule is [2H]c1n[nH]cc1CCCCC. The summed E-state index contributed by atoms with van der Waals surface area (Å²) in [7, 11) is 0. The molecule has 0 radical (unpaired) electrons. The number of nitrogens with zero attached hydrogens (tertiary/aromatic N) is 1. The van der Waals surface area contributed by atoms with Gasteiger partial charge in [0.05, 0.1) is 7.54 Å². The minimum absolute atomic E-state index is 0.404. The molecule has 0 aliphatic heterocycles. The zero-order chi connectivity index (χ0) is 8.10. The van der Waals surface area contributed by atoms with Crippen molar-refractivity contribution in [3.05, 3.63) is 17.9 Å². The number of aryl methyl sites for hydroxylation is 1. The molecule has 0 aromatic carbocycles. The van der Waals surface area contributed by atoms with Crippen LogP contribution in [-0.4, -0.2) is 10.2 Å². The lowest BCUT2D eigenvalue weighted by Crippen LogP contribution is -1.80. The minimum Gasteiger partial charge on any atom is -0.285 e. The Morgan fingerprint density at radius 1 is 1.70 bits per heavy atom. The molecule has 2 heteroatoms. The molecule has 0 aliphatic carbocycles. The van der Waals surface area contributed by atoms with E-state index in [0.717, 1.165) is 12.0 Å². The van der Waals surface area contributed by atoms with Crippen LogP contribution in [0.1, 0.15) is 33.1 Å². The number of rotatable bonds is 4. The van der Waals surface area contributed by atoms with Crippen molar-refractivity contribution in [1.29, 1.82) is 0 Å². The van der Waals surface area contributed by atoms with Crippen LogP contribution in [0.5, 0.6) is 0 Å². The van der Waals surface area contributed by atoms with Gasteiger partial charge >= 0.3 is 0 Å². The first-order chi connectivity index (χ1) is 5.34. The van der Waals surface area contributed by atoms with Gasteiger partial charge in [0.25, 0.3) is 0 Å². The third-order valence-electron chi connectivity index (χ3n) is 1.55. The highest BCUT2D eigenvalue weighted by molar-refractivity contribution is 5.01. The van der Waals surface area contributed by atoms with Crippen LogP contribution in [0.2, 0.25) is 0 Å². The highest BCUT2D eigenvalue weighted by Gasteiger charge is 1.91. The van der Waals surface area contributed by atoms with E-state index in [1.54, 1.807) is 0 Å². The normalized spacial score (nSPS) is 11.5. The van der Waals surface area contributed by atoms with Crippen molar-refractivity contribution in [2.75, 3.05) is 0 Å². The highest BCUT2D eigenvalue weighted by Crippen LogP contribution is 2.02. The van der Waals surface area contributed by atoms with Crippen LogP contribution >= 0.6 is 0 Å². The number of aromatic amines is 1. The number of nitrogens with one attached hydrogen (secondary N) is 1. The largest absolute Gasteiger partial charge is 0.285 e. The zero-order valence-corrected chi connectivity index (χ0v) is 6.35. The van der Waals surface area contributed by atoms with E-state index in [1.807, 2.05) is 6.20 Å². The molecule has 2 nitrogen and oxygen atoms in total. The fraction of sp³-hybridized carbons (Fsp3) is 0.625. The van der Waals surface area contributed by atoms with Crippen molar-refractivity contribution in [2.45, 2.75) is 32.6 Å². The third-order valence-corrected chi connectivity index (χ3v) is 1.55. The maximum atomic E-state index is 7.34. The van der Waals surface area contributed by atoms with Gasteiger partial charge in [0.1, 0.15) is 0 Å². The van der Waals surface area contributed by atoms with Gasteiger partial charge in [-0.2, -0.15) is 5.10 Å². The molecular formula is C8H14N2. The third kappa shape index (κ3) is 2.21. The number of hydrogen-bond acceptors (Lipinski definition) is 1. The lowest BCUT2D eigenvalue weighted by Gasteiger charge is -1.92. The lowest BCUT2D eigenvalue weighted by molar-refractivity contribution is 0.717. The minimum atomic E-state index is 0.404. The fourth-order valence-electron chi connectivity index (χ4n) is 0.940. The van der Waals surface area contributed by atoms with Crippen molar-refractivity contribution >= 4 is 0 Å². The maximum absolute atomic E-state index is 7.34. The molecule has 1 heterocycles. The van der Waals surface area contributed by atoms with Gasteiger partial charge in [0.2, 0.25) is 0 Å². The predicted molar refractivity (Wildman–Crippen MR) is 41.8 cm³/mol. The van der Waals surface area contributed by atoms with Crippen molar-refractivity contribution in [1.82, 2.24) is 10.2 Å². The zero-order valence-electron chi connectivity index (χ0n) is 7.35. The Balaban J connectivity index is 2.32. The summed E-state index contributed by atoms with van der Waals surface area (Å²) in [5, 5.41) is 6.42. The van der Waals surface area contributed by atoms with Gasteiger partial charge in [-0.1, -0.05) is 19.8 Å². The van der Waals surface area contributed by atoms with E-state index >= 15 is 0 Å². The molecule has 0 atom stereocenters. The summed E-state index contributed by atoms with van der Waals surface area (Å²) in [6.07, 6.45) is 6.85. The molecule has 0 bridgehead atoms. The van der Waals surface area contributed by atoms with Gasteiger partial charge in [-0.3, -0.25) is 5.10 Å². The van der Waals surface area contributed by atoms with Gasteiger partial charge < -0.3 is 0 Å². The molecular weight excluding hydrogens is 124 g/mol. The van der Waals surface area contributed by atoms with E-state index < -0.39 is 0 Å². The summed E-state index contributed by atoms with van der Waals surface area (Å²) in [6, 6.07) is 0.